The minimum Gasteiger partial charge on any atom is -0.446 e. The number of aromatic nitrogens is 1. The van der Waals surface area contributed by atoms with Gasteiger partial charge in [-0.3, -0.25) is 14.7 Å². The second-order valence-corrected chi connectivity index (χ2v) is 8.48. The molecule has 1 N–H and O–H groups in total. The van der Waals surface area contributed by atoms with E-state index in [4.69, 9.17) is 9.72 Å². The summed E-state index contributed by atoms with van der Waals surface area (Å²) in [6.45, 7) is 2.55. The molecular weight excluding hydrogens is 385 g/mol. The van der Waals surface area contributed by atoms with E-state index in [9.17, 15) is 14.0 Å². The van der Waals surface area contributed by atoms with Gasteiger partial charge in [0.15, 0.2) is 0 Å². The molecule has 6 nitrogen and oxygen atoms in total. The highest BCUT2D eigenvalue weighted by Gasteiger charge is 2.44. The van der Waals surface area contributed by atoms with Gasteiger partial charge in [0.1, 0.15) is 11.9 Å². The Bertz CT molecular complexity index is 990. The van der Waals surface area contributed by atoms with Crippen molar-refractivity contribution in [3.8, 4) is 0 Å². The second-order valence-electron chi connectivity index (χ2n) is 8.48. The van der Waals surface area contributed by atoms with Crippen LogP contribution in [0.5, 0.6) is 0 Å². The number of fused-ring (bicyclic) bond motifs is 3. The second kappa shape index (κ2) is 7.38. The van der Waals surface area contributed by atoms with Crippen LogP contribution in [0.2, 0.25) is 0 Å². The lowest BCUT2D eigenvalue weighted by molar-refractivity contribution is 0.0939. The summed E-state index contributed by atoms with van der Waals surface area (Å²) in [5.74, 6) is 0.106. The molecule has 1 aliphatic heterocycles. The zero-order valence-corrected chi connectivity index (χ0v) is 16.8. The van der Waals surface area contributed by atoms with Crippen LogP contribution in [0.15, 0.2) is 36.4 Å². The van der Waals surface area contributed by atoms with Crippen LogP contribution in [0.4, 0.5) is 14.9 Å². The molecule has 1 aromatic carbocycles. The number of amides is 2. The number of halogens is 1. The Balaban J connectivity index is 1.36. The molecule has 0 spiro atoms. The van der Waals surface area contributed by atoms with Crippen LogP contribution >= 0.6 is 0 Å². The number of carbonyl (C=O) groups excluding carboxylic acids is 2. The van der Waals surface area contributed by atoms with E-state index < -0.39 is 0 Å². The fraction of sp³-hybridized carbons (Fsp3) is 0.435. The highest BCUT2D eigenvalue weighted by Crippen LogP contribution is 2.49. The van der Waals surface area contributed by atoms with Crippen molar-refractivity contribution in [3.63, 3.8) is 0 Å². The van der Waals surface area contributed by atoms with E-state index in [2.05, 4.69) is 5.32 Å². The van der Waals surface area contributed by atoms with E-state index >= 15 is 0 Å². The Morgan fingerprint density at radius 2 is 1.90 bits per heavy atom. The normalized spacial score (nSPS) is 22.9. The molecule has 3 atom stereocenters. The molecular formula is C23H24FN3O3. The first-order chi connectivity index (χ1) is 14.5. The standard InChI is InChI=1S/C23H24FN3O3/c1-13(25-22(28)14-2-5-16(24)6-3-14)19-10-11-20-21(26-19)18-9-4-15(18)12-27(20)23(29)30-17-7-8-17/h2-3,5-6,10-11,13,15,17-18H,4,7-9,12H2,1H3,(H,25,28)/t13-,15+,18+/m0/s1. The molecule has 2 amide bonds. The Morgan fingerprint density at radius 1 is 1.13 bits per heavy atom. The molecule has 2 fully saturated rings. The summed E-state index contributed by atoms with van der Waals surface area (Å²) in [4.78, 5) is 31.7. The predicted molar refractivity (Wildman–Crippen MR) is 109 cm³/mol. The smallest absolute Gasteiger partial charge is 0.414 e. The van der Waals surface area contributed by atoms with Crippen molar-refractivity contribution in [1.82, 2.24) is 10.3 Å². The summed E-state index contributed by atoms with van der Waals surface area (Å²) in [6.07, 6.45) is 3.82. The van der Waals surface area contributed by atoms with Crippen molar-refractivity contribution in [2.24, 2.45) is 5.92 Å². The van der Waals surface area contributed by atoms with E-state index in [1.165, 1.54) is 24.3 Å². The molecule has 156 valence electrons. The minimum atomic E-state index is -0.379. The van der Waals surface area contributed by atoms with Crippen molar-refractivity contribution < 1.29 is 18.7 Å². The Kier molecular flexibility index (Phi) is 4.68. The number of rotatable bonds is 4. The Hall–Kier alpha value is -2.96. The van der Waals surface area contributed by atoms with Gasteiger partial charge in [-0.1, -0.05) is 0 Å². The van der Waals surface area contributed by atoms with Crippen molar-refractivity contribution in [2.75, 3.05) is 11.4 Å². The largest absolute Gasteiger partial charge is 0.446 e. The summed E-state index contributed by atoms with van der Waals surface area (Å²) in [6, 6.07) is 8.90. The molecule has 2 aromatic rings. The number of carbonyl (C=O) groups is 2. The van der Waals surface area contributed by atoms with Crippen molar-refractivity contribution in [1.29, 1.82) is 0 Å². The van der Waals surface area contributed by atoms with E-state index in [0.717, 1.165) is 42.8 Å². The molecule has 0 unspecified atom stereocenters. The van der Waals surface area contributed by atoms with Gasteiger partial charge in [0.25, 0.3) is 5.91 Å². The fourth-order valence-corrected chi connectivity index (χ4v) is 4.23. The van der Waals surface area contributed by atoms with Crippen LogP contribution in [0.3, 0.4) is 0 Å². The number of hydrogen-bond acceptors (Lipinski definition) is 4. The number of hydrogen-bond donors (Lipinski definition) is 1. The Labute approximate surface area is 174 Å². The van der Waals surface area contributed by atoms with Crippen LogP contribution < -0.4 is 10.2 Å². The molecule has 7 heteroatoms. The number of pyridine rings is 1. The Morgan fingerprint density at radius 3 is 2.57 bits per heavy atom. The summed E-state index contributed by atoms with van der Waals surface area (Å²) < 4.78 is 18.6. The van der Waals surface area contributed by atoms with Crippen molar-refractivity contribution >= 4 is 17.7 Å². The van der Waals surface area contributed by atoms with Crippen LogP contribution in [0.25, 0.3) is 0 Å². The zero-order chi connectivity index (χ0) is 20.8. The molecule has 5 rings (SSSR count). The fourth-order valence-electron chi connectivity index (χ4n) is 4.23. The van der Waals surface area contributed by atoms with Gasteiger partial charge in [0, 0.05) is 18.0 Å². The first-order valence-electron chi connectivity index (χ1n) is 10.5. The van der Waals surface area contributed by atoms with E-state index in [-0.39, 0.29) is 30.0 Å². The maximum Gasteiger partial charge on any atom is 0.414 e. The first kappa shape index (κ1) is 19.0. The zero-order valence-electron chi connectivity index (χ0n) is 16.8. The van der Waals surface area contributed by atoms with Gasteiger partial charge in [0.2, 0.25) is 0 Å². The van der Waals surface area contributed by atoms with Gasteiger partial charge >= 0.3 is 6.09 Å². The van der Waals surface area contributed by atoms with Gasteiger partial charge < -0.3 is 10.1 Å². The maximum absolute atomic E-state index is 13.1. The van der Waals surface area contributed by atoms with E-state index in [1.807, 2.05) is 19.1 Å². The molecule has 3 aliphatic rings. The highest BCUT2D eigenvalue weighted by molar-refractivity contribution is 5.94. The van der Waals surface area contributed by atoms with Gasteiger partial charge in [0.05, 0.1) is 23.1 Å². The topological polar surface area (TPSA) is 71.5 Å². The van der Waals surface area contributed by atoms with Crippen LogP contribution in [0, 0.1) is 11.7 Å². The molecule has 2 heterocycles. The third-order valence-electron chi connectivity index (χ3n) is 6.31. The number of benzene rings is 1. The third kappa shape index (κ3) is 3.53. The van der Waals surface area contributed by atoms with Gasteiger partial charge in [-0.25, -0.2) is 9.18 Å². The van der Waals surface area contributed by atoms with E-state index in [0.29, 0.717) is 23.9 Å². The quantitative estimate of drug-likeness (QED) is 0.816. The van der Waals surface area contributed by atoms with Gasteiger partial charge in [-0.05, 0) is 74.9 Å². The molecule has 2 aliphatic carbocycles. The average Bonchev–Trinajstić information content (AvgIpc) is 3.52. The van der Waals surface area contributed by atoms with Crippen LogP contribution in [-0.4, -0.2) is 29.6 Å². The molecule has 1 aromatic heterocycles. The average molecular weight is 409 g/mol. The van der Waals surface area contributed by atoms with Crippen LogP contribution in [0.1, 0.15) is 66.3 Å². The molecule has 0 saturated heterocycles. The summed E-state index contributed by atoms with van der Waals surface area (Å²) in [5, 5.41) is 2.92. The maximum atomic E-state index is 13.1. The molecule has 2 saturated carbocycles. The predicted octanol–water partition coefficient (Wildman–Crippen LogP) is 4.32. The molecule has 0 bridgehead atoms. The third-order valence-corrected chi connectivity index (χ3v) is 6.31. The molecule has 30 heavy (non-hydrogen) atoms. The SMILES string of the molecule is C[C@H](NC(=O)c1ccc(F)cc1)c1ccc2c(n1)[C@@H]1CC[C@@H]1CN2C(=O)OC1CC1. The van der Waals surface area contributed by atoms with Gasteiger partial charge in [-0.15, -0.1) is 0 Å². The van der Waals surface area contributed by atoms with Crippen LogP contribution in [-0.2, 0) is 4.74 Å². The molecule has 0 radical (unpaired) electrons. The lowest BCUT2D eigenvalue weighted by atomic mass is 9.69. The number of nitrogens with zero attached hydrogens (tertiary/aromatic N) is 2. The number of anilines is 1. The highest BCUT2D eigenvalue weighted by atomic mass is 19.1. The monoisotopic (exact) mass is 409 g/mol. The minimum absolute atomic E-state index is 0.0639. The first-order valence-corrected chi connectivity index (χ1v) is 10.5. The summed E-state index contributed by atoms with van der Waals surface area (Å²) >= 11 is 0. The lowest BCUT2D eigenvalue weighted by Crippen LogP contribution is -2.46. The van der Waals surface area contributed by atoms with E-state index in [1.54, 1.807) is 4.90 Å². The van der Waals surface area contributed by atoms with Crippen molar-refractivity contribution in [3.05, 3.63) is 59.2 Å². The number of nitrogens with one attached hydrogen (secondary N) is 1. The lowest BCUT2D eigenvalue weighted by Gasteiger charge is -2.45. The summed E-state index contributed by atoms with van der Waals surface area (Å²) in [5.41, 5.74) is 2.88. The number of ether oxygens (including phenoxy) is 1. The van der Waals surface area contributed by atoms with Gasteiger partial charge in [-0.2, -0.15) is 0 Å². The van der Waals surface area contributed by atoms with Crippen molar-refractivity contribution in [2.45, 2.75) is 50.7 Å². The summed E-state index contributed by atoms with van der Waals surface area (Å²) in [7, 11) is 0.